The molecule has 1 aromatic carbocycles. The van der Waals surface area contributed by atoms with Crippen molar-refractivity contribution >= 4 is 0 Å². The molecule has 0 radical (unpaired) electrons. The zero-order valence-corrected chi connectivity index (χ0v) is 16.0. The van der Waals surface area contributed by atoms with Crippen LogP contribution in [0.1, 0.15) is 66.5 Å². The quantitative estimate of drug-likeness (QED) is 0.785. The Morgan fingerprint density at radius 3 is 2.54 bits per heavy atom. The number of fused-ring (bicyclic) bond motifs is 1. The van der Waals surface area contributed by atoms with Crippen molar-refractivity contribution in [3.63, 3.8) is 0 Å². The van der Waals surface area contributed by atoms with Crippen molar-refractivity contribution < 1.29 is 17.9 Å². The lowest BCUT2D eigenvalue weighted by atomic mass is 9.95. The Kier molecular flexibility index (Phi) is 5.04. The zero-order valence-electron chi connectivity index (χ0n) is 16.0. The fourth-order valence-electron chi connectivity index (χ4n) is 3.78. The highest BCUT2D eigenvalue weighted by Crippen LogP contribution is 2.42. The second kappa shape index (κ2) is 7.35. The number of halogens is 3. The van der Waals surface area contributed by atoms with Crippen LogP contribution in [0.5, 0.6) is 5.88 Å². The predicted octanol–water partition coefficient (Wildman–Crippen LogP) is 4.93. The van der Waals surface area contributed by atoms with E-state index in [1.807, 2.05) is 13.8 Å². The molecule has 2 atom stereocenters. The molecule has 150 valence electrons. The van der Waals surface area contributed by atoms with E-state index in [4.69, 9.17) is 4.74 Å². The van der Waals surface area contributed by atoms with Crippen LogP contribution in [-0.4, -0.2) is 16.5 Å². The molecule has 0 amide bonds. The van der Waals surface area contributed by atoms with Crippen LogP contribution in [0, 0.1) is 12.8 Å². The molecule has 0 spiro atoms. The molecule has 2 unspecified atom stereocenters. The lowest BCUT2D eigenvalue weighted by Crippen LogP contribution is -2.32. The standard InChI is InChI=1S/C21H24F3N3O/c1-12(15-5-7-16(8-6-15)21(22,23)24)28-20-19-17(26-13(2)27-20)9-10-25-18(19)11-14-3-4-14/h5-8,12,14,18,25H,3-4,9-11H2,1-2H3. The molecular weight excluding hydrogens is 367 g/mol. The van der Waals surface area contributed by atoms with Crippen LogP contribution in [0.2, 0.25) is 0 Å². The van der Waals surface area contributed by atoms with Crippen LogP contribution in [0.4, 0.5) is 13.2 Å². The van der Waals surface area contributed by atoms with Crippen molar-refractivity contribution in [3.05, 3.63) is 52.5 Å². The first kappa shape index (κ1) is 19.2. The van der Waals surface area contributed by atoms with Gasteiger partial charge in [-0.2, -0.15) is 18.2 Å². The Labute approximate surface area is 162 Å². The van der Waals surface area contributed by atoms with Crippen molar-refractivity contribution in [3.8, 4) is 5.88 Å². The maximum absolute atomic E-state index is 12.8. The number of aryl methyl sites for hydroxylation is 1. The van der Waals surface area contributed by atoms with E-state index in [-0.39, 0.29) is 6.04 Å². The molecule has 2 aromatic rings. The third kappa shape index (κ3) is 4.14. The minimum Gasteiger partial charge on any atom is -0.469 e. The van der Waals surface area contributed by atoms with E-state index < -0.39 is 17.8 Å². The summed E-state index contributed by atoms with van der Waals surface area (Å²) >= 11 is 0. The van der Waals surface area contributed by atoms with Crippen molar-refractivity contribution in [1.29, 1.82) is 0 Å². The lowest BCUT2D eigenvalue weighted by Gasteiger charge is -2.29. The van der Waals surface area contributed by atoms with Gasteiger partial charge in [-0.15, -0.1) is 0 Å². The van der Waals surface area contributed by atoms with Gasteiger partial charge in [-0.05, 0) is 43.9 Å². The summed E-state index contributed by atoms with van der Waals surface area (Å²) in [6.45, 7) is 4.56. The average molecular weight is 391 g/mol. The Morgan fingerprint density at radius 2 is 1.89 bits per heavy atom. The first-order chi connectivity index (χ1) is 13.3. The van der Waals surface area contributed by atoms with Gasteiger partial charge in [-0.25, -0.2) is 4.98 Å². The summed E-state index contributed by atoms with van der Waals surface area (Å²) in [5.74, 6) is 1.94. The Hall–Kier alpha value is -2.15. The summed E-state index contributed by atoms with van der Waals surface area (Å²) in [6.07, 6.45) is -0.358. The number of aromatic nitrogens is 2. The third-order valence-corrected chi connectivity index (χ3v) is 5.46. The maximum atomic E-state index is 12.8. The highest BCUT2D eigenvalue weighted by Gasteiger charge is 2.33. The Balaban J connectivity index is 1.59. The molecule has 0 bridgehead atoms. The second-order valence-electron chi connectivity index (χ2n) is 7.75. The van der Waals surface area contributed by atoms with Crippen molar-refractivity contribution in [2.75, 3.05) is 6.54 Å². The second-order valence-corrected chi connectivity index (χ2v) is 7.75. The molecule has 1 aromatic heterocycles. The van der Waals surface area contributed by atoms with Crippen LogP contribution in [-0.2, 0) is 12.6 Å². The smallest absolute Gasteiger partial charge is 0.416 e. The third-order valence-electron chi connectivity index (χ3n) is 5.46. The highest BCUT2D eigenvalue weighted by atomic mass is 19.4. The van der Waals surface area contributed by atoms with Gasteiger partial charge in [0, 0.05) is 19.0 Å². The molecule has 28 heavy (non-hydrogen) atoms. The average Bonchev–Trinajstić information content (AvgIpc) is 3.45. The number of alkyl halides is 3. The minimum absolute atomic E-state index is 0.173. The molecule has 2 aliphatic rings. The molecule has 1 N–H and O–H groups in total. The van der Waals surface area contributed by atoms with E-state index in [0.29, 0.717) is 17.3 Å². The van der Waals surface area contributed by atoms with Crippen molar-refractivity contribution in [2.45, 2.75) is 57.9 Å². The van der Waals surface area contributed by atoms with Gasteiger partial charge < -0.3 is 10.1 Å². The topological polar surface area (TPSA) is 47.0 Å². The van der Waals surface area contributed by atoms with Gasteiger partial charge in [0.25, 0.3) is 0 Å². The van der Waals surface area contributed by atoms with E-state index >= 15 is 0 Å². The lowest BCUT2D eigenvalue weighted by molar-refractivity contribution is -0.137. The zero-order chi connectivity index (χ0) is 19.9. The van der Waals surface area contributed by atoms with Gasteiger partial charge in [0.2, 0.25) is 5.88 Å². The summed E-state index contributed by atoms with van der Waals surface area (Å²) in [6, 6.07) is 5.29. The fraction of sp³-hybridized carbons (Fsp3) is 0.524. The molecule has 7 heteroatoms. The number of ether oxygens (including phenoxy) is 1. The summed E-state index contributed by atoms with van der Waals surface area (Å²) in [5.41, 5.74) is 2.06. The monoisotopic (exact) mass is 391 g/mol. The van der Waals surface area contributed by atoms with Crippen LogP contribution in [0.15, 0.2) is 24.3 Å². The largest absolute Gasteiger partial charge is 0.469 e. The van der Waals surface area contributed by atoms with Crippen LogP contribution >= 0.6 is 0 Å². The summed E-state index contributed by atoms with van der Waals surface area (Å²) in [4.78, 5) is 9.15. The molecule has 1 fully saturated rings. The van der Waals surface area contributed by atoms with Crippen LogP contribution in [0.25, 0.3) is 0 Å². The number of benzene rings is 1. The van der Waals surface area contributed by atoms with Gasteiger partial charge in [0.15, 0.2) is 0 Å². The van der Waals surface area contributed by atoms with Gasteiger partial charge in [0.1, 0.15) is 11.9 Å². The normalized spacial score (nSPS) is 20.5. The first-order valence-electron chi connectivity index (χ1n) is 9.76. The molecule has 1 aliphatic heterocycles. The number of hydrogen-bond acceptors (Lipinski definition) is 4. The molecular formula is C21H24F3N3O. The summed E-state index contributed by atoms with van der Waals surface area (Å²) < 4.78 is 44.6. The number of nitrogens with one attached hydrogen (secondary N) is 1. The fourth-order valence-corrected chi connectivity index (χ4v) is 3.78. The number of nitrogens with zero attached hydrogens (tertiary/aromatic N) is 2. The molecule has 1 aliphatic carbocycles. The SMILES string of the molecule is Cc1nc2c(c(OC(C)c3ccc(C(F)(F)F)cc3)n1)C(CC1CC1)NCC2. The van der Waals surface area contributed by atoms with Gasteiger partial charge >= 0.3 is 6.18 Å². The first-order valence-corrected chi connectivity index (χ1v) is 9.76. The highest BCUT2D eigenvalue weighted by molar-refractivity contribution is 5.37. The van der Waals surface area contributed by atoms with Crippen molar-refractivity contribution in [2.24, 2.45) is 5.92 Å². The van der Waals surface area contributed by atoms with E-state index in [0.717, 1.165) is 48.7 Å². The van der Waals surface area contributed by atoms with E-state index in [1.54, 1.807) is 0 Å². The molecule has 4 rings (SSSR count). The molecule has 4 nitrogen and oxygen atoms in total. The number of hydrogen-bond donors (Lipinski definition) is 1. The van der Waals surface area contributed by atoms with E-state index in [2.05, 4.69) is 15.3 Å². The van der Waals surface area contributed by atoms with E-state index in [1.165, 1.54) is 25.0 Å². The Bertz CT molecular complexity index is 847. The van der Waals surface area contributed by atoms with Crippen LogP contribution < -0.4 is 10.1 Å². The van der Waals surface area contributed by atoms with Crippen molar-refractivity contribution in [1.82, 2.24) is 15.3 Å². The molecule has 2 heterocycles. The summed E-state index contributed by atoms with van der Waals surface area (Å²) in [7, 11) is 0. The predicted molar refractivity (Wildman–Crippen MR) is 99.0 cm³/mol. The maximum Gasteiger partial charge on any atom is 0.416 e. The molecule has 0 saturated heterocycles. The van der Waals surface area contributed by atoms with E-state index in [9.17, 15) is 13.2 Å². The number of rotatable bonds is 5. The minimum atomic E-state index is -4.34. The molecule has 1 saturated carbocycles. The van der Waals surface area contributed by atoms with Crippen LogP contribution in [0.3, 0.4) is 0 Å². The van der Waals surface area contributed by atoms with Gasteiger partial charge in [0.05, 0.1) is 16.8 Å². The summed E-state index contributed by atoms with van der Waals surface area (Å²) in [5, 5.41) is 3.56. The Morgan fingerprint density at radius 1 is 1.18 bits per heavy atom. The van der Waals surface area contributed by atoms with Gasteiger partial charge in [-0.3, -0.25) is 0 Å². The van der Waals surface area contributed by atoms with Gasteiger partial charge in [-0.1, -0.05) is 25.0 Å².